The number of hydrogen-bond acceptors (Lipinski definition) is 2. The van der Waals surface area contributed by atoms with Crippen LogP contribution in [0.15, 0.2) is 67.0 Å². The summed E-state index contributed by atoms with van der Waals surface area (Å²) in [6.45, 7) is 0.547. The molecule has 0 aliphatic carbocycles. The number of fused-ring (bicyclic) bond motifs is 1. The van der Waals surface area contributed by atoms with Crippen LogP contribution in [0, 0.1) is 0 Å². The first kappa shape index (κ1) is 14.0. The largest absolute Gasteiger partial charge is 0.304 e. The van der Waals surface area contributed by atoms with Crippen LogP contribution >= 0.6 is 11.6 Å². The van der Waals surface area contributed by atoms with E-state index in [4.69, 9.17) is 11.6 Å². The van der Waals surface area contributed by atoms with Crippen molar-refractivity contribution in [3.8, 4) is 11.1 Å². The molecule has 1 aliphatic rings. The highest BCUT2D eigenvalue weighted by Gasteiger charge is 2.30. The summed E-state index contributed by atoms with van der Waals surface area (Å²) < 4.78 is 0. The van der Waals surface area contributed by atoms with E-state index in [1.807, 2.05) is 54.7 Å². The summed E-state index contributed by atoms with van der Waals surface area (Å²) in [5.41, 5.74) is 4.50. The lowest BCUT2D eigenvalue weighted by molar-refractivity contribution is 0.0997. The summed E-state index contributed by atoms with van der Waals surface area (Å²) in [6, 6.07) is 17.4. The van der Waals surface area contributed by atoms with Gasteiger partial charge in [-0.3, -0.25) is 9.78 Å². The number of rotatable bonds is 2. The molecular weight excluding hydrogens is 308 g/mol. The lowest BCUT2D eigenvalue weighted by atomic mass is 10.1. The third-order valence-electron chi connectivity index (χ3n) is 4.04. The van der Waals surface area contributed by atoms with E-state index in [-0.39, 0.29) is 5.91 Å². The molecule has 0 spiro atoms. The number of carbonyl (C=O) groups is 1. The lowest BCUT2D eigenvalue weighted by Gasteiger charge is -2.17. The van der Waals surface area contributed by atoms with Gasteiger partial charge in [-0.25, -0.2) is 0 Å². The van der Waals surface area contributed by atoms with Gasteiger partial charge in [-0.2, -0.15) is 0 Å². The Kier molecular flexibility index (Phi) is 3.36. The number of halogens is 1. The van der Waals surface area contributed by atoms with Crippen molar-refractivity contribution in [2.75, 3.05) is 4.90 Å². The minimum atomic E-state index is -0.0473. The summed E-state index contributed by atoms with van der Waals surface area (Å²) in [7, 11) is 0. The summed E-state index contributed by atoms with van der Waals surface area (Å²) in [6.07, 6.45) is 3.56. The zero-order chi connectivity index (χ0) is 15.8. The van der Waals surface area contributed by atoms with E-state index in [9.17, 15) is 4.79 Å². The average Bonchev–Trinajstić information content (AvgIpc) is 2.94. The summed E-state index contributed by atoms with van der Waals surface area (Å²) in [4.78, 5) is 18.6. The van der Waals surface area contributed by atoms with Crippen LogP contribution in [-0.2, 0) is 6.54 Å². The Balaban J connectivity index is 1.73. The standard InChI is InChI=1S/C19H13ClN2O/c20-17-8-2-5-15-12-22(19(23)18(15)17)16-7-1-4-13(10-16)14-6-3-9-21-11-14/h1-11H,12H2. The van der Waals surface area contributed by atoms with E-state index in [1.165, 1.54) is 0 Å². The van der Waals surface area contributed by atoms with Crippen molar-refractivity contribution in [2.24, 2.45) is 0 Å². The van der Waals surface area contributed by atoms with Crippen LogP contribution in [0.4, 0.5) is 5.69 Å². The molecule has 2 heterocycles. The van der Waals surface area contributed by atoms with Crippen molar-refractivity contribution in [3.63, 3.8) is 0 Å². The average molecular weight is 321 g/mol. The molecule has 0 saturated carbocycles. The molecule has 0 unspecified atom stereocenters. The monoisotopic (exact) mass is 320 g/mol. The van der Waals surface area contributed by atoms with E-state index in [2.05, 4.69) is 4.98 Å². The molecule has 4 heteroatoms. The van der Waals surface area contributed by atoms with Gasteiger partial charge in [0.05, 0.1) is 17.1 Å². The van der Waals surface area contributed by atoms with Gasteiger partial charge >= 0.3 is 0 Å². The van der Waals surface area contributed by atoms with E-state index in [1.54, 1.807) is 17.2 Å². The van der Waals surface area contributed by atoms with Gasteiger partial charge in [-0.1, -0.05) is 41.9 Å². The number of anilines is 1. The molecule has 23 heavy (non-hydrogen) atoms. The van der Waals surface area contributed by atoms with Crippen molar-refractivity contribution in [1.82, 2.24) is 4.98 Å². The Morgan fingerprint density at radius 2 is 1.83 bits per heavy atom. The third kappa shape index (κ3) is 2.39. The normalized spacial score (nSPS) is 13.3. The van der Waals surface area contributed by atoms with Gasteiger partial charge in [0.25, 0.3) is 5.91 Å². The molecule has 1 amide bonds. The molecule has 1 aliphatic heterocycles. The first-order valence-electron chi connectivity index (χ1n) is 7.34. The second kappa shape index (κ2) is 5.52. The SMILES string of the molecule is O=C1c2c(Cl)cccc2CN1c1cccc(-c2cccnc2)c1. The highest BCUT2D eigenvalue weighted by Crippen LogP contribution is 2.34. The van der Waals surface area contributed by atoms with Crippen molar-refractivity contribution in [3.05, 3.63) is 83.1 Å². The molecule has 3 aromatic rings. The fourth-order valence-electron chi connectivity index (χ4n) is 2.91. The first-order chi connectivity index (χ1) is 11.2. The zero-order valence-electron chi connectivity index (χ0n) is 12.2. The molecule has 0 saturated heterocycles. The van der Waals surface area contributed by atoms with Gasteiger partial charge in [-0.05, 0) is 35.4 Å². The van der Waals surface area contributed by atoms with E-state index >= 15 is 0 Å². The quantitative estimate of drug-likeness (QED) is 0.693. The second-order valence-corrected chi connectivity index (χ2v) is 5.86. The predicted molar refractivity (Wildman–Crippen MR) is 91.6 cm³/mol. The van der Waals surface area contributed by atoms with Crippen LogP contribution in [0.1, 0.15) is 15.9 Å². The smallest absolute Gasteiger partial charge is 0.260 e. The van der Waals surface area contributed by atoms with E-state index in [0.29, 0.717) is 17.1 Å². The second-order valence-electron chi connectivity index (χ2n) is 5.46. The molecule has 112 valence electrons. The molecule has 4 rings (SSSR count). The molecule has 3 nitrogen and oxygen atoms in total. The fourth-order valence-corrected chi connectivity index (χ4v) is 3.19. The summed E-state index contributed by atoms with van der Waals surface area (Å²) in [5.74, 6) is -0.0473. The topological polar surface area (TPSA) is 33.2 Å². The molecule has 0 N–H and O–H groups in total. The lowest BCUT2D eigenvalue weighted by Crippen LogP contribution is -2.23. The van der Waals surface area contributed by atoms with Gasteiger partial charge in [0.2, 0.25) is 0 Å². The number of aromatic nitrogens is 1. The highest BCUT2D eigenvalue weighted by atomic mass is 35.5. The first-order valence-corrected chi connectivity index (χ1v) is 7.71. The molecule has 0 atom stereocenters. The van der Waals surface area contributed by atoms with Gasteiger partial charge in [0, 0.05) is 23.6 Å². The number of amides is 1. The van der Waals surface area contributed by atoms with Crippen LogP contribution in [0.3, 0.4) is 0 Å². The maximum absolute atomic E-state index is 12.7. The number of benzene rings is 2. The molecule has 2 aromatic carbocycles. The van der Waals surface area contributed by atoms with Crippen LogP contribution in [0.25, 0.3) is 11.1 Å². The Hall–Kier alpha value is -2.65. The molecule has 0 bridgehead atoms. The third-order valence-corrected chi connectivity index (χ3v) is 4.36. The van der Waals surface area contributed by atoms with Gasteiger partial charge in [0.15, 0.2) is 0 Å². The number of carbonyl (C=O) groups excluding carboxylic acids is 1. The maximum Gasteiger partial charge on any atom is 0.260 e. The number of pyridine rings is 1. The van der Waals surface area contributed by atoms with Gasteiger partial charge < -0.3 is 4.90 Å². The Bertz CT molecular complexity index is 893. The van der Waals surface area contributed by atoms with Gasteiger partial charge in [0.1, 0.15) is 0 Å². The molecule has 0 radical (unpaired) electrons. The number of nitrogens with zero attached hydrogens (tertiary/aromatic N) is 2. The van der Waals surface area contributed by atoms with Gasteiger partial charge in [-0.15, -0.1) is 0 Å². The Morgan fingerprint density at radius 3 is 2.61 bits per heavy atom. The Morgan fingerprint density at radius 1 is 1.00 bits per heavy atom. The van der Waals surface area contributed by atoms with Crippen LogP contribution in [-0.4, -0.2) is 10.9 Å². The van der Waals surface area contributed by atoms with E-state index in [0.717, 1.165) is 22.4 Å². The van der Waals surface area contributed by atoms with Crippen molar-refractivity contribution in [1.29, 1.82) is 0 Å². The van der Waals surface area contributed by atoms with Crippen molar-refractivity contribution >= 4 is 23.2 Å². The molecule has 1 aromatic heterocycles. The minimum Gasteiger partial charge on any atom is -0.304 e. The predicted octanol–water partition coefficient (Wildman–Crippen LogP) is 4.56. The molecular formula is C19H13ClN2O. The Labute approximate surface area is 139 Å². The van der Waals surface area contributed by atoms with Crippen LogP contribution < -0.4 is 4.90 Å². The molecule has 0 fully saturated rings. The fraction of sp³-hybridized carbons (Fsp3) is 0.0526. The van der Waals surface area contributed by atoms with Crippen molar-refractivity contribution < 1.29 is 4.79 Å². The summed E-state index contributed by atoms with van der Waals surface area (Å²) in [5, 5.41) is 0.512. The highest BCUT2D eigenvalue weighted by molar-refractivity contribution is 6.35. The maximum atomic E-state index is 12.7. The minimum absolute atomic E-state index is 0.0473. The zero-order valence-corrected chi connectivity index (χ0v) is 13.0. The van der Waals surface area contributed by atoms with Crippen LogP contribution in [0.2, 0.25) is 5.02 Å². The summed E-state index contributed by atoms with van der Waals surface area (Å²) >= 11 is 6.19. The number of hydrogen-bond donors (Lipinski definition) is 0. The van der Waals surface area contributed by atoms with E-state index < -0.39 is 0 Å². The van der Waals surface area contributed by atoms with Crippen molar-refractivity contribution in [2.45, 2.75) is 6.54 Å². The van der Waals surface area contributed by atoms with Crippen LogP contribution in [0.5, 0.6) is 0 Å².